The molecule has 0 saturated carbocycles. The molecular formula is C19H23ClN2O4. The number of hydrogen-bond acceptors (Lipinski definition) is 5. The average Bonchev–Trinajstić information content (AvgIpc) is 2.66. The predicted molar refractivity (Wildman–Crippen MR) is 103 cm³/mol. The lowest BCUT2D eigenvalue weighted by molar-refractivity contribution is -0.115. The van der Waals surface area contributed by atoms with E-state index in [0.29, 0.717) is 28.0 Å². The van der Waals surface area contributed by atoms with Gasteiger partial charge in [-0.1, -0.05) is 17.7 Å². The summed E-state index contributed by atoms with van der Waals surface area (Å²) < 4.78 is 15.7. The first kappa shape index (κ1) is 19.9. The van der Waals surface area contributed by atoms with Gasteiger partial charge < -0.3 is 24.8 Å². The Kier molecular flexibility index (Phi) is 7.12. The van der Waals surface area contributed by atoms with E-state index in [-0.39, 0.29) is 18.5 Å². The number of halogens is 1. The number of nitrogens with one attached hydrogen (secondary N) is 2. The summed E-state index contributed by atoms with van der Waals surface area (Å²) in [6, 6.07) is 10.7. The topological polar surface area (TPSA) is 68.8 Å². The molecule has 0 saturated heterocycles. The van der Waals surface area contributed by atoms with E-state index < -0.39 is 0 Å². The summed E-state index contributed by atoms with van der Waals surface area (Å²) in [6.07, 6.45) is 0. The van der Waals surface area contributed by atoms with Crippen molar-refractivity contribution in [2.24, 2.45) is 0 Å². The molecule has 0 aliphatic carbocycles. The predicted octanol–water partition coefficient (Wildman–Crippen LogP) is 3.66. The highest BCUT2D eigenvalue weighted by atomic mass is 35.5. The minimum absolute atomic E-state index is 0.0414. The number of anilines is 1. The average molecular weight is 379 g/mol. The first-order valence-corrected chi connectivity index (χ1v) is 8.45. The molecule has 0 aliphatic heterocycles. The fraction of sp³-hybridized carbons (Fsp3) is 0.316. The van der Waals surface area contributed by atoms with Crippen LogP contribution in [-0.4, -0.2) is 33.8 Å². The van der Waals surface area contributed by atoms with Crippen LogP contribution in [0.3, 0.4) is 0 Å². The van der Waals surface area contributed by atoms with Gasteiger partial charge in [0.15, 0.2) is 11.5 Å². The van der Waals surface area contributed by atoms with E-state index in [0.717, 1.165) is 5.56 Å². The van der Waals surface area contributed by atoms with Crippen molar-refractivity contribution in [3.05, 3.63) is 47.0 Å². The van der Waals surface area contributed by atoms with Crippen molar-refractivity contribution in [1.82, 2.24) is 5.32 Å². The third-order valence-corrected chi connectivity index (χ3v) is 4.22. The molecule has 140 valence electrons. The molecule has 0 aromatic heterocycles. The van der Waals surface area contributed by atoms with Gasteiger partial charge >= 0.3 is 0 Å². The second kappa shape index (κ2) is 9.31. The second-order valence-corrected chi connectivity index (χ2v) is 6.02. The maximum Gasteiger partial charge on any atom is 0.238 e. The molecule has 1 amide bonds. The first-order valence-electron chi connectivity index (χ1n) is 8.07. The van der Waals surface area contributed by atoms with E-state index in [4.69, 9.17) is 25.8 Å². The summed E-state index contributed by atoms with van der Waals surface area (Å²) in [5.41, 5.74) is 1.61. The Balaban J connectivity index is 1.94. The van der Waals surface area contributed by atoms with Gasteiger partial charge in [0.05, 0.1) is 32.9 Å². The van der Waals surface area contributed by atoms with Crippen molar-refractivity contribution in [2.45, 2.75) is 13.0 Å². The zero-order valence-electron chi connectivity index (χ0n) is 15.3. The van der Waals surface area contributed by atoms with E-state index in [2.05, 4.69) is 10.6 Å². The van der Waals surface area contributed by atoms with Gasteiger partial charge in [-0.3, -0.25) is 4.79 Å². The van der Waals surface area contributed by atoms with Crippen molar-refractivity contribution in [1.29, 1.82) is 0 Å². The largest absolute Gasteiger partial charge is 0.495 e. The molecule has 1 atom stereocenters. The highest BCUT2D eigenvalue weighted by Gasteiger charge is 2.12. The van der Waals surface area contributed by atoms with Crippen molar-refractivity contribution < 1.29 is 19.0 Å². The number of benzene rings is 2. The Morgan fingerprint density at radius 3 is 2.35 bits per heavy atom. The molecule has 2 rings (SSSR count). The maximum absolute atomic E-state index is 12.2. The van der Waals surface area contributed by atoms with E-state index >= 15 is 0 Å². The third-order valence-electron chi connectivity index (χ3n) is 3.91. The summed E-state index contributed by atoms with van der Waals surface area (Å²) in [7, 11) is 4.71. The lowest BCUT2D eigenvalue weighted by Crippen LogP contribution is -2.30. The molecule has 0 heterocycles. The number of rotatable bonds is 8. The quantitative estimate of drug-likeness (QED) is 0.733. The Morgan fingerprint density at radius 2 is 1.69 bits per heavy atom. The molecule has 6 nitrogen and oxygen atoms in total. The molecule has 0 radical (unpaired) electrons. The molecule has 0 spiro atoms. The van der Waals surface area contributed by atoms with Crippen LogP contribution in [0, 0.1) is 0 Å². The number of hydrogen-bond donors (Lipinski definition) is 2. The standard InChI is InChI=1S/C19H23ClN2O4/c1-12(13-5-8-16(24-2)18(9-13)26-4)21-11-19(23)22-14-6-7-15(20)17(10-14)25-3/h5-10,12,21H,11H2,1-4H3,(H,22,23)/t12-/m0/s1. The van der Waals surface area contributed by atoms with Gasteiger partial charge in [0, 0.05) is 17.8 Å². The van der Waals surface area contributed by atoms with Gasteiger partial charge in [-0.2, -0.15) is 0 Å². The van der Waals surface area contributed by atoms with Crippen LogP contribution in [-0.2, 0) is 4.79 Å². The van der Waals surface area contributed by atoms with Gasteiger partial charge in [-0.25, -0.2) is 0 Å². The third kappa shape index (κ3) is 5.03. The number of ether oxygens (including phenoxy) is 3. The smallest absolute Gasteiger partial charge is 0.238 e. The van der Waals surface area contributed by atoms with Crippen LogP contribution < -0.4 is 24.8 Å². The van der Waals surface area contributed by atoms with Gasteiger partial charge in [0.2, 0.25) is 5.91 Å². The number of carbonyl (C=O) groups is 1. The summed E-state index contributed by atoms with van der Waals surface area (Å²) in [6.45, 7) is 2.13. The second-order valence-electron chi connectivity index (χ2n) is 5.61. The fourth-order valence-electron chi connectivity index (χ4n) is 2.43. The van der Waals surface area contributed by atoms with Gasteiger partial charge in [0.25, 0.3) is 0 Å². The normalized spacial score (nSPS) is 11.6. The molecule has 2 aromatic rings. The molecule has 2 aromatic carbocycles. The summed E-state index contributed by atoms with van der Waals surface area (Å²) in [4.78, 5) is 12.2. The lowest BCUT2D eigenvalue weighted by Gasteiger charge is -2.16. The molecular weight excluding hydrogens is 356 g/mol. The Morgan fingerprint density at radius 1 is 1.00 bits per heavy atom. The highest BCUT2D eigenvalue weighted by molar-refractivity contribution is 6.32. The van der Waals surface area contributed by atoms with Crippen LogP contribution in [0.15, 0.2) is 36.4 Å². The van der Waals surface area contributed by atoms with E-state index in [1.807, 2.05) is 25.1 Å². The van der Waals surface area contributed by atoms with Crippen molar-refractivity contribution in [3.63, 3.8) is 0 Å². The lowest BCUT2D eigenvalue weighted by atomic mass is 10.1. The van der Waals surface area contributed by atoms with E-state index in [1.54, 1.807) is 32.4 Å². The van der Waals surface area contributed by atoms with Crippen LogP contribution >= 0.6 is 11.6 Å². The van der Waals surface area contributed by atoms with Crippen LogP contribution in [0.2, 0.25) is 5.02 Å². The minimum Gasteiger partial charge on any atom is -0.495 e. The van der Waals surface area contributed by atoms with Crippen molar-refractivity contribution in [3.8, 4) is 17.2 Å². The molecule has 0 unspecified atom stereocenters. The monoisotopic (exact) mass is 378 g/mol. The molecule has 0 aliphatic rings. The maximum atomic E-state index is 12.2. The highest BCUT2D eigenvalue weighted by Crippen LogP contribution is 2.30. The van der Waals surface area contributed by atoms with Crippen LogP contribution in [0.4, 0.5) is 5.69 Å². The van der Waals surface area contributed by atoms with Crippen LogP contribution in [0.5, 0.6) is 17.2 Å². The molecule has 26 heavy (non-hydrogen) atoms. The fourth-order valence-corrected chi connectivity index (χ4v) is 2.62. The van der Waals surface area contributed by atoms with Crippen molar-refractivity contribution >= 4 is 23.2 Å². The Labute approximate surface area is 158 Å². The Hall–Kier alpha value is -2.44. The van der Waals surface area contributed by atoms with Crippen LogP contribution in [0.1, 0.15) is 18.5 Å². The van der Waals surface area contributed by atoms with E-state index in [1.165, 1.54) is 7.11 Å². The molecule has 2 N–H and O–H groups in total. The van der Waals surface area contributed by atoms with Gasteiger partial charge in [-0.05, 0) is 36.8 Å². The molecule has 0 fully saturated rings. The zero-order chi connectivity index (χ0) is 19.1. The summed E-state index contributed by atoms with van der Waals surface area (Å²) in [5.74, 6) is 1.66. The van der Waals surface area contributed by atoms with Gasteiger partial charge in [0.1, 0.15) is 5.75 Å². The molecule has 7 heteroatoms. The summed E-state index contributed by atoms with van der Waals surface area (Å²) >= 11 is 5.98. The zero-order valence-corrected chi connectivity index (χ0v) is 16.0. The van der Waals surface area contributed by atoms with E-state index in [9.17, 15) is 4.79 Å². The Bertz CT molecular complexity index is 767. The van der Waals surface area contributed by atoms with Crippen molar-refractivity contribution in [2.75, 3.05) is 33.2 Å². The molecule has 0 bridgehead atoms. The summed E-state index contributed by atoms with van der Waals surface area (Å²) in [5, 5.41) is 6.48. The SMILES string of the molecule is COc1cc(NC(=O)CN[C@@H](C)c2ccc(OC)c(OC)c2)ccc1Cl. The number of amides is 1. The minimum atomic E-state index is -0.165. The van der Waals surface area contributed by atoms with Gasteiger partial charge in [-0.15, -0.1) is 0 Å². The van der Waals surface area contributed by atoms with Crippen LogP contribution in [0.25, 0.3) is 0 Å². The number of carbonyl (C=O) groups excluding carboxylic acids is 1. The first-order chi connectivity index (χ1) is 12.5. The number of methoxy groups -OCH3 is 3.